The van der Waals surface area contributed by atoms with E-state index in [4.69, 9.17) is 9.26 Å². The van der Waals surface area contributed by atoms with Gasteiger partial charge in [-0.2, -0.15) is 4.98 Å². The molecular formula is C9H15N3O2. The second kappa shape index (κ2) is 4.52. The van der Waals surface area contributed by atoms with E-state index in [9.17, 15) is 0 Å². The van der Waals surface area contributed by atoms with Gasteiger partial charge in [-0.25, -0.2) is 0 Å². The summed E-state index contributed by atoms with van der Waals surface area (Å²) in [6.45, 7) is 1.43. The SMILES string of the molecule is COCc1nc(C2CCCCN2)no1. The lowest BCUT2D eigenvalue weighted by Gasteiger charge is -2.19. The molecule has 1 unspecified atom stereocenters. The molecule has 2 heterocycles. The monoisotopic (exact) mass is 197 g/mol. The van der Waals surface area contributed by atoms with Crippen LogP contribution in [0.15, 0.2) is 4.52 Å². The van der Waals surface area contributed by atoms with Gasteiger partial charge in [-0.05, 0) is 19.4 Å². The first-order valence-electron chi connectivity index (χ1n) is 4.95. The largest absolute Gasteiger partial charge is 0.375 e. The molecule has 0 saturated carbocycles. The lowest BCUT2D eigenvalue weighted by molar-refractivity contribution is 0.151. The van der Waals surface area contributed by atoms with E-state index in [1.54, 1.807) is 7.11 Å². The molecular weight excluding hydrogens is 182 g/mol. The van der Waals surface area contributed by atoms with Crippen LogP contribution >= 0.6 is 0 Å². The third kappa shape index (κ3) is 2.10. The van der Waals surface area contributed by atoms with Crippen LogP contribution in [0.25, 0.3) is 0 Å². The van der Waals surface area contributed by atoms with E-state index >= 15 is 0 Å². The number of hydrogen-bond acceptors (Lipinski definition) is 5. The van der Waals surface area contributed by atoms with E-state index in [1.807, 2.05) is 0 Å². The lowest BCUT2D eigenvalue weighted by Crippen LogP contribution is -2.27. The Kier molecular flexibility index (Phi) is 3.10. The molecule has 1 aromatic rings. The van der Waals surface area contributed by atoms with Gasteiger partial charge in [-0.15, -0.1) is 0 Å². The molecule has 0 radical (unpaired) electrons. The Morgan fingerprint density at radius 1 is 1.57 bits per heavy atom. The molecule has 0 amide bonds. The Hall–Kier alpha value is -0.940. The topological polar surface area (TPSA) is 60.2 Å². The molecule has 1 aromatic heterocycles. The number of rotatable bonds is 3. The van der Waals surface area contributed by atoms with E-state index in [2.05, 4.69) is 15.5 Å². The zero-order chi connectivity index (χ0) is 9.80. The van der Waals surface area contributed by atoms with Crippen molar-refractivity contribution in [2.75, 3.05) is 13.7 Å². The molecule has 0 spiro atoms. The summed E-state index contributed by atoms with van der Waals surface area (Å²) in [4.78, 5) is 4.26. The van der Waals surface area contributed by atoms with Crippen LogP contribution in [0.1, 0.15) is 37.0 Å². The molecule has 1 atom stereocenters. The quantitative estimate of drug-likeness (QED) is 0.784. The summed E-state index contributed by atoms with van der Waals surface area (Å²) in [6.07, 6.45) is 3.55. The first-order valence-corrected chi connectivity index (χ1v) is 4.95. The molecule has 0 bridgehead atoms. The standard InChI is InChI=1S/C9H15N3O2/c1-13-6-8-11-9(12-14-8)7-4-2-3-5-10-7/h7,10H,2-6H2,1H3. The van der Waals surface area contributed by atoms with Crippen LogP contribution in [-0.2, 0) is 11.3 Å². The number of hydrogen-bond donors (Lipinski definition) is 1. The van der Waals surface area contributed by atoms with Crippen LogP contribution in [0.4, 0.5) is 0 Å². The van der Waals surface area contributed by atoms with Crippen LogP contribution in [0.5, 0.6) is 0 Å². The van der Waals surface area contributed by atoms with Gasteiger partial charge in [-0.3, -0.25) is 0 Å². The molecule has 0 aliphatic carbocycles. The fourth-order valence-corrected chi connectivity index (χ4v) is 1.66. The maximum atomic E-state index is 5.03. The van der Waals surface area contributed by atoms with Crippen molar-refractivity contribution in [3.63, 3.8) is 0 Å². The molecule has 1 N–H and O–H groups in total. The molecule has 1 saturated heterocycles. The van der Waals surface area contributed by atoms with Gasteiger partial charge < -0.3 is 14.6 Å². The minimum absolute atomic E-state index is 0.262. The van der Waals surface area contributed by atoms with Gasteiger partial charge >= 0.3 is 0 Å². The summed E-state index contributed by atoms with van der Waals surface area (Å²) >= 11 is 0. The van der Waals surface area contributed by atoms with E-state index in [-0.39, 0.29) is 6.04 Å². The highest BCUT2D eigenvalue weighted by Gasteiger charge is 2.19. The van der Waals surface area contributed by atoms with E-state index < -0.39 is 0 Å². The summed E-state index contributed by atoms with van der Waals surface area (Å²) in [5.41, 5.74) is 0. The molecule has 14 heavy (non-hydrogen) atoms. The number of nitrogens with one attached hydrogen (secondary N) is 1. The van der Waals surface area contributed by atoms with Crippen molar-refractivity contribution in [1.29, 1.82) is 0 Å². The summed E-state index contributed by atoms with van der Waals surface area (Å²) < 4.78 is 9.94. The summed E-state index contributed by atoms with van der Waals surface area (Å²) in [5.74, 6) is 1.31. The second-order valence-corrected chi connectivity index (χ2v) is 3.48. The molecule has 1 aliphatic rings. The minimum Gasteiger partial charge on any atom is -0.375 e. The zero-order valence-corrected chi connectivity index (χ0v) is 8.32. The highest BCUT2D eigenvalue weighted by atomic mass is 16.5. The highest BCUT2D eigenvalue weighted by molar-refractivity contribution is 4.95. The van der Waals surface area contributed by atoms with Crippen molar-refractivity contribution in [2.24, 2.45) is 0 Å². The van der Waals surface area contributed by atoms with Gasteiger partial charge in [0.2, 0.25) is 0 Å². The second-order valence-electron chi connectivity index (χ2n) is 3.48. The predicted molar refractivity (Wildman–Crippen MR) is 49.6 cm³/mol. The summed E-state index contributed by atoms with van der Waals surface area (Å²) in [5, 5.41) is 7.29. The Labute approximate surface area is 82.8 Å². The van der Waals surface area contributed by atoms with Crippen molar-refractivity contribution in [3.05, 3.63) is 11.7 Å². The fourth-order valence-electron chi connectivity index (χ4n) is 1.66. The smallest absolute Gasteiger partial charge is 0.252 e. The average Bonchev–Trinajstić information content (AvgIpc) is 2.68. The Morgan fingerprint density at radius 2 is 2.50 bits per heavy atom. The first-order chi connectivity index (χ1) is 6.90. The van der Waals surface area contributed by atoms with Crippen molar-refractivity contribution < 1.29 is 9.26 Å². The maximum Gasteiger partial charge on any atom is 0.252 e. The Bertz CT molecular complexity index is 281. The van der Waals surface area contributed by atoms with Crippen LogP contribution in [0.3, 0.4) is 0 Å². The van der Waals surface area contributed by atoms with Gasteiger partial charge in [0.25, 0.3) is 5.89 Å². The molecule has 5 heteroatoms. The third-order valence-corrected chi connectivity index (χ3v) is 2.37. The van der Waals surface area contributed by atoms with E-state index in [0.29, 0.717) is 12.5 Å². The minimum atomic E-state index is 0.262. The normalized spacial score (nSPS) is 22.5. The Balaban J connectivity index is 2.00. The molecule has 78 valence electrons. The van der Waals surface area contributed by atoms with Crippen molar-refractivity contribution in [1.82, 2.24) is 15.5 Å². The number of piperidine rings is 1. The number of methoxy groups -OCH3 is 1. The zero-order valence-electron chi connectivity index (χ0n) is 8.32. The molecule has 0 aromatic carbocycles. The lowest BCUT2D eigenvalue weighted by atomic mass is 10.0. The predicted octanol–water partition coefficient (Wildman–Crippen LogP) is 1.03. The van der Waals surface area contributed by atoms with Crippen molar-refractivity contribution in [3.8, 4) is 0 Å². The van der Waals surface area contributed by atoms with Gasteiger partial charge in [-0.1, -0.05) is 11.6 Å². The van der Waals surface area contributed by atoms with Crippen LogP contribution in [0.2, 0.25) is 0 Å². The number of aromatic nitrogens is 2. The molecule has 1 fully saturated rings. The maximum absolute atomic E-state index is 5.03. The van der Waals surface area contributed by atoms with Crippen molar-refractivity contribution in [2.45, 2.75) is 31.9 Å². The highest BCUT2D eigenvalue weighted by Crippen LogP contribution is 2.20. The third-order valence-electron chi connectivity index (χ3n) is 2.37. The van der Waals surface area contributed by atoms with Gasteiger partial charge in [0.1, 0.15) is 6.61 Å². The van der Waals surface area contributed by atoms with Gasteiger partial charge in [0.05, 0.1) is 6.04 Å². The van der Waals surface area contributed by atoms with E-state index in [1.165, 1.54) is 12.8 Å². The number of ether oxygens (including phenoxy) is 1. The van der Waals surface area contributed by atoms with Gasteiger partial charge in [0, 0.05) is 7.11 Å². The molecule has 2 rings (SSSR count). The van der Waals surface area contributed by atoms with Crippen LogP contribution in [-0.4, -0.2) is 23.8 Å². The summed E-state index contributed by atoms with van der Waals surface area (Å²) in [6, 6.07) is 0.262. The fraction of sp³-hybridized carbons (Fsp3) is 0.778. The average molecular weight is 197 g/mol. The summed E-state index contributed by atoms with van der Waals surface area (Å²) in [7, 11) is 1.61. The van der Waals surface area contributed by atoms with Crippen LogP contribution in [0, 0.1) is 0 Å². The molecule has 1 aliphatic heterocycles. The van der Waals surface area contributed by atoms with E-state index in [0.717, 1.165) is 18.8 Å². The van der Waals surface area contributed by atoms with Crippen molar-refractivity contribution >= 4 is 0 Å². The Morgan fingerprint density at radius 3 is 3.21 bits per heavy atom. The first kappa shape index (κ1) is 9.61. The van der Waals surface area contributed by atoms with Gasteiger partial charge in [0.15, 0.2) is 5.82 Å². The van der Waals surface area contributed by atoms with Crippen LogP contribution < -0.4 is 5.32 Å². The molecule has 5 nitrogen and oxygen atoms in total. The number of nitrogens with zero attached hydrogens (tertiary/aromatic N) is 2.